The third-order valence-electron chi connectivity index (χ3n) is 5.06. The minimum atomic E-state index is -1.45. The summed E-state index contributed by atoms with van der Waals surface area (Å²) in [4.78, 5) is 5.32. The Morgan fingerprint density at radius 1 is 1.03 bits per heavy atom. The normalized spacial score (nSPS) is 12.2. The highest BCUT2D eigenvalue weighted by atomic mass is 32.2. The molecule has 8 heteroatoms. The molecule has 2 aromatic carbocycles. The first-order chi connectivity index (χ1) is 15.2. The van der Waals surface area contributed by atoms with Gasteiger partial charge in [-0.05, 0) is 35.9 Å². The SMILES string of the molecule is COc1ccc(-c2cnc3c(c2)c(-c2cn[nH]c2)cn3S(=O)c2ccccc2)cc1O. The van der Waals surface area contributed by atoms with Crippen LogP contribution in [0.15, 0.2) is 84.3 Å². The minimum Gasteiger partial charge on any atom is -0.504 e. The number of nitrogens with one attached hydrogen (secondary N) is 1. The van der Waals surface area contributed by atoms with Crippen molar-refractivity contribution >= 4 is 22.0 Å². The van der Waals surface area contributed by atoms with Crippen LogP contribution in [-0.4, -0.2) is 35.6 Å². The van der Waals surface area contributed by atoms with E-state index in [1.807, 2.05) is 48.7 Å². The molecule has 0 spiro atoms. The quantitative estimate of drug-likeness (QED) is 0.432. The van der Waals surface area contributed by atoms with Gasteiger partial charge in [-0.15, -0.1) is 0 Å². The van der Waals surface area contributed by atoms with E-state index in [0.29, 0.717) is 16.3 Å². The number of pyridine rings is 1. The predicted octanol–water partition coefficient (Wildman–Crippen LogP) is 4.38. The zero-order valence-corrected chi connectivity index (χ0v) is 17.3. The van der Waals surface area contributed by atoms with E-state index in [4.69, 9.17) is 4.74 Å². The number of benzene rings is 2. The van der Waals surface area contributed by atoms with Crippen LogP contribution >= 0.6 is 0 Å². The van der Waals surface area contributed by atoms with E-state index in [1.54, 1.807) is 34.7 Å². The molecule has 0 radical (unpaired) electrons. The maximum Gasteiger partial charge on any atom is 0.160 e. The number of nitrogens with zero attached hydrogens (tertiary/aromatic N) is 3. The zero-order valence-electron chi connectivity index (χ0n) is 16.5. The Labute approximate surface area is 180 Å². The monoisotopic (exact) mass is 430 g/mol. The van der Waals surface area contributed by atoms with E-state index in [1.165, 1.54) is 7.11 Å². The molecular weight excluding hydrogens is 412 g/mol. The number of hydrogen-bond acceptors (Lipinski definition) is 5. The maximum absolute atomic E-state index is 13.3. The van der Waals surface area contributed by atoms with Crippen LogP contribution in [0.2, 0.25) is 0 Å². The highest BCUT2D eigenvalue weighted by Gasteiger charge is 2.18. The predicted molar refractivity (Wildman–Crippen MR) is 119 cm³/mol. The average Bonchev–Trinajstić information content (AvgIpc) is 3.46. The lowest BCUT2D eigenvalue weighted by Crippen LogP contribution is -2.04. The number of aromatic amines is 1. The molecule has 0 aliphatic carbocycles. The summed E-state index contributed by atoms with van der Waals surface area (Å²) in [6.07, 6.45) is 7.05. The smallest absolute Gasteiger partial charge is 0.160 e. The second-order valence-electron chi connectivity index (χ2n) is 6.90. The molecule has 0 aliphatic rings. The van der Waals surface area contributed by atoms with Gasteiger partial charge in [0.05, 0.1) is 18.2 Å². The molecule has 5 aromatic rings. The fraction of sp³-hybridized carbons (Fsp3) is 0.0435. The van der Waals surface area contributed by atoms with E-state index in [9.17, 15) is 9.32 Å². The first-order valence-electron chi connectivity index (χ1n) is 9.50. The van der Waals surface area contributed by atoms with Crippen LogP contribution in [0.1, 0.15) is 0 Å². The van der Waals surface area contributed by atoms with Crippen molar-refractivity contribution in [3.05, 3.63) is 79.4 Å². The molecule has 0 aliphatic heterocycles. The van der Waals surface area contributed by atoms with E-state index in [2.05, 4.69) is 15.2 Å². The van der Waals surface area contributed by atoms with Gasteiger partial charge >= 0.3 is 0 Å². The van der Waals surface area contributed by atoms with Gasteiger partial charge in [0, 0.05) is 40.7 Å². The van der Waals surface area contributed by atoms with E-state index >= 15 is 0 Å². The third-order valence-corrected chi connectivity index (χ3v) is 6.37. The minimum absolute atomic E-state index is 0.0536. The lowest BCUT2D eigenvalue weighted by atomic mass is 10.0. The number of hydrogen-bond donors (Lipinski definition) is 2. The fourth-order valence-corrected chi connectivity index (χ4v) is 4.63. The van der Waals surface area contributed by atoms with E-state index < -0.39 is 11.0 Å². The van der Waals surface area contributed by atoms with Crippen LogP contribution in [0.25, 0.3) is 33.3 Å². The Bertz CT molecular complexity index is 1400. The maximum atomic E-state index is 13.3. The Morgan fingerprint density at radius 2 is 1.87 bits per heavy atom. The number of fused-ring (bicyclic) bond motifs is 1. The van der Waals surface area contributed by atoms with Gasteiger partial charge in [0.15, 0.2) is 28.1 Å². The molecule has 0 saturated heterocycles. The number of H-pyrrole nitrogens is 1. The third kappa shape index (κ3) is 3.36. The van der Waals surface area contributed by atoms with Crippen LogP contribution in [0.5, 0.6) is 11.5 Å². The van der Waals surface area contributed by atoms with Crippen LogP contribution < -0.4 is 4.74 Å². The second kappa shape index (κ2) is 7.73. The van der Waals surface area contributed by atoms with Gasteiger partial charge in [-0.3, -0.25) is 5.10 Å². The van der Waals surface area contributed by atoms with Crippen LogP contribution in [0.3, 0.4) is 0 Å². The summed E-state index contributed by atoms with van der Waals surface area (Å²) in [6.45, 7) is 0. The topological polar surface area (TPSA) is 93.0 Å². The highest BCUT2D eigenvalue weighted by Crippen LogP contribution is 2.35. The Kier molecular flexibility index (Phi) is 4.76. The summed E-state index contributed by atoms with van der Waals surface area (Å²) in [7, 11) is 0.0548. The summed E-state index contributed by atoms with van der Waals surface area (Å²) in [5.41, 5.74) is 3.94. The van der Waals surface area contributed by atoms with Gasteiger partial charge in [-0.25, -0.2) is 13.2 Å². The fourth-order valence-electron chi connectivity index (χ4n) is 3.51. The number of phenolic OH excluding ortho intramolecular Hbond substituents is 1. The average molecular weight is 430 g/mol. The van der Waals surface area contributed by atoms with Gasteiger partial charge in [0.2, 0.25) is 0 Å². The van der Waals surface area contributed by atoms with E-state index in [-0.39, 0.29) is 5.75 Å². The molecule has 1 unspecified atom stereocenters. The number of aromatic nitrogens is 4. The molecule has 2 N–H and O–H groups in total. The van der Waals surface area contributed by atoms with Crippen molar-refractivity contribution in [2.24, 2.45) is 0 Å². The zero-order chi connectivity index (χ0) is 21.4. The van der Waals surface area contributed by atoms with Crippen molar-refractivity contribution < 1.29 is 14.1 Å². The summed E-state index contributed by atoms with van der Waals surface area (Å²) >= 11 is 0. The Morgan fingerprint density at radius 3 is 2.58 bits per heavy atom. The molecule has 0 fully saturated rings. The molecule has 5 rings (SSSR count). The summed E-state index contributed by atoms with van der Waals surface area (Å²) in [5.74, 6) is 0.458. The number of methoxy groups -OCH3 is 1. The Balaban J connectivity index is 1.69. The molecule has 3 aromatic heterocycles. The molecule has 0 amide bonds. The largest absolute Gasteiger partial charge is 0.504 e. The van der Waals surface area contributed by atoms with Crippen molar-refractivity contribution in [2.45, 2.75) is 4.90 Å². The van der Waals surface area contributed by atoms with Crippen LogP contribution in [-0.2, 0) is 11.0 Å². The van der Waals surface area contributed by atoms with Crippen molar-refractivity contribution in [3.8, 4) is 33.8 Å². The summed E-state index contributed by atoms with van der Waals surface area (Å²) in [6, 6.07) is 16.4. The summed E-state index contributed by atoms with van der Waals surface area (Å²) < 4.78 is 20.1. The molecule has 31 heavy (non-hydrogen) atoms. The number of ether oxygens (including phenoxy) is 1. The first-order valence-corrected chi connectivity index (χ1v) is 10.6. The molecule has 0 saturated carbocycles. The lowest BCUT2D eigenvalue weighted by molar-refractivity contribution is 0.373. The van der Waals surface area contributed by atoms with Crippen LogP contribution in [0, 0.1) is 0 Å². The molecule has 7 nitrogen and oxygen atoms in total. The molecule has 1 atom stereocenters. The van der Waals surface area contributed by atoms with Crippen molar-refractivity contribution in [3.63, 3.8) is 0 Å². The lowest BCUT2D eigenvalue weighted by Gasteiger charge is -2.08. The summed E-state index contributed by atoms with van der Waals surface area (Å²) in [5, 5.41) is 17.9. The molecule has 3 heterocycles. The van der Waals surface area contributed by atoms with Gasteiger partial charge in [-0.2, -0.15) is 5.10 Å². The highest BCUT2D eigenvalue weighted by molar-refractivity contribution is 7.83. The second-order valence-corrected chi connectivity index (χ2v) is 8.26. The molecular formula is C23H18N4O3S. The number of rotatable bonds is 5. The Hall–Kier alpha value is -3.91. The molecule has 154 valence electrons. The van der Waals surface area contributed by atoms with E-state index in [0.717, 1.165) is 27.6 Å². The van der Waals surface area contributed by atoms with Gasteiger partial charge < -0.3 is 9.84 Å². The standard InChI is InChI=1S/C23H18N4O3S/c1-30-22-8-7-15(10-21(22)28)16-9-19-20(17-12-25-26-13-17)14-27(23(19)24-11-16)31(29)18-5-3-2-4-6-18/h2-14,28H,1H3,(H,25,26). The number of aromatic hydroxyl groups is 1. The van der Waals surface area contributed by atoms with Crippen molar-refractivity contribution in [2.75, 3.05) is 7.11 Å². The molecule has 0 bridgehead atoms. The van der Waals surface area contributed by atoms with Gasteiger partial charge in [0.25, 0.3) is 0 Å². The van der Waals surface area contributed by atoms with Crippen molar-refractivity contribution in [1.29, 1.82) is 0 Å². The first kappa shape index (κ1) is 19.1. The van der Waals surface area contributed by atoms with Gasteiger partial charge in [-0.1, -0.05) is 24.3 Å². The van der Waals surface area contributed by atoms with Crippen LogP contribution in [0.4, 0.5) is 0 Å². The van der Waals surface area contributed by atoms with Gasteiger partial charge in [0.1, 0.15) is 0 Å². The van der Waals surface area contributed by atoms with Crippen molar-refractivity contribution in [1.82, 2.24) is 19.2 Å². The number of phenols is 1.